The fourth-order valence-electron chi connectivity index (χ4n) is 1.67. The Hall–Kier alpha value is -2.41. The molecule has 0 bridgehead atoms. The van der Waals surface area contributed by atoms with Crippen molar-refractivity contribution in [1.29, 1.82) is 0 Å². The van der Waals surface area contributed by atoms with Gasteiger partial charge >= 0.3 is 0 Å². The van der Waals surface area contributed by atoms with Crippen LogP contribution in [-0.2, 0) is 6.42 Å². The lowest BCUT2D eigenvalue weighted by atomic mass is 10.1. The fourth-order valence-corrected chi connectivity index (χ4v) is 1.67. The molecule has 0 aliphatic heterocycles. The molecule has 4 N–H and O–H groups in total. The van der Waals surface area contributed by atoms with Crippen LogP contribution in [0.3, 0.4) is 0 Å². The number of nitrogens with one attached hydrogen (secondary N) is 1. The second-order valence-corrected chi connectivity index (χ2v) is 4.04. The van der Waals surface area contributed by atoms with Crippen molar-refractivity contribution in [2.45, 2.75) is 12.5 Å². The topological polar surface area (TPSA) is 114 Å². The van der Waals surface area contributed by atoms with Gasteiger partial charge < -0.3 is 16.2 Å². The number of carbonyl (C=O) groups excluding carboxylic acids is 1. The number of nitrogens with zero attached hydrogens (tertiary/aromatic N) is 2. The number of aromatic nitrogens is 2. The van der Waals surface area contributed by atoms with Crippen LogP contribution >= 0.6 is 0 Å². The Morgan fingerprint density at radius 2 is 2.11 bits per heavy atom. The first kappa shape index (κ1) is 13.0. The third-order valence-corrected chi connectivity index (χ3v) is 2.61. The molecule has 1 aromatic heterocycles. The fraction of sp³-hybridized carbons (Fsp3) is 0.250. The molecule has 7 nitrogen and oxygen atoms in total. The molecule has 19 heavy (non-hydrogen) atoms. The van der Waals surface area contributed by atoms with Gasteiger partial charge in [0.15, 0.2) is 0 Å². The van der Waals surface area contributed by atoms with E-state index in [9.17, 15) is 9.90 Å². The molecule has 100 valence electrons. The van der Waals surface area contributed by atoms with Crippen LogP contribution in [0.4, 0.5) is 5.82 Å². The highest BCUT2D eigenvalue weighted by Gasteiger charge is 2.19. The molecule has 0 saturated carbocycles. The summed E-state index contributed by atoms with van der Waals surface area (Å²) in [4.78, 5) is 11.8. The molecule has 7 heteroatoms. The van der Waals surface area contributed by atoms with Gasteiger partial charge in [-0.2, -0.15) is 0 Å². The number of anilines is 1. The molecule has 0 saturated heterocycles. The summed E-state index contributed by atoms with van der Waals surface area (Å²) in [5.74, 6) is -0.595. The molecule has 1 heterocycles. The first-order valence-electron chi connectivity index (χ1n) is 5.74. The summed E-state index contributed by atoms with van der Waals surface area (Å²) < 4.78 is 4.35. The van der Waals surface area contributed by atoms with E-state index in [4.69, 9.17) is 5.73 Å². The highest BCUT2D eigenvalue weighted by Crippen LogP contribution is 2.06. The van der Waals surface area contributed by atoms with E-state index < -0.39 is 11.9 Å². The maximum Gasteiger partial charge on any atom is 0.277 e. The normalized spacial score (nSPS) is 12.1. The van der Waals surface area contributed by atoms with Crippen LogP contribution in [0.25, 0.3) is 0 Å². The number of nitrogen functional groups attached to an aromatic ring is 1. The van der Waals surface area contributed by atoms with Crippen LogP contribution in [0.2, 0.25) is 0 Å². The van der Waals surface area contributed by atoms with E-state index in [0.29, 0.717) is 6.42 Å². The van der Waals surface area contributed by atoms with Gasteiger partial charge in [0.05, 0.1) is 12.6 Å². The molecule has 2 aromatic rings. The van der Waals surface area contributed by atoms with Crippen LogP contribution in [0, 0.1) is 0 Å². The maximum atomic E-state index is 11.8. The van der Waals surface area contributed by atoms with Crippen LogP contribution in [0.5, 0.6) is 0 Å². The van der Waals surface area contributed by atoms with E-state index in [1.165, 1.54) is 0 Å². The van der Waals surface area contributed by atoms with E-state index >= 15 is 0 Å². The minimum atomic E-state index is -0.520. The van der Waals surface area contributed by atoms with Crippen LogP contribution in [0.1, 0.15) is 16.1 Å². The zero-order chi connectivity index (χ0) is 13.7. The van der Waals surface area contributed by atoms with E-state index in [-0.39, 0.29) is 18.1 Å². The zero-order valence-corrected chi connectivity index (χ0v) is 10.1. The van der Waals surface area contributed by atoms with Gasteiger partial charge in [0.25, 0.3) is 5.91 Å². The number of aliphatic hydroxyl groups is 1. The lowest BCUT2D eigenvalue weighted by molar-refractivity contribution is 0.0907. The largest absolute Gasteiger partial charge is 0.394 e. The molecular weight excluding hydrogens is 248 g/mol. The number of hydrogen-bond acceptors (Lipinski definition) is 6. The van der Waals surface area contributed by atoms with Gasteiger partial charge in [-0.25, -0.2) is 4.63 Å². The summed E-state index contributed by atoms with van der Waals surface area (Å²) in [6.45, 7) is -0.189. The summed E-state index contributed by atoms with van der Waals surface area (Å²) in [7, 11) is 0. The van der Waals surface area contributed by atoms with Crippen molar-refractivity contribution in [3.05, 3.63) is 41.6 Å². The van der Waals surface area contributed by atoms with Crippen molar-refractivity contribution in [1.82, 2.24) is 15.6 Å². The Bertz CT molecular complexity index is 541. The molecule has 1 amide bonds. The Kier molecular flexibility index (Phi) is 4.09. The molecular formula is C12H14N4O3. The number of hydrogen-bond donors (Lipinski definition) is 3. The second-order valence-electron chi connectivity index (χ2n) is 4.04. The van der Waals surface area contributed by atoms with Gasteiger partial charge in [-0.05, 0) is 22.3 Å². The van der Waals surface area contributed by atoms with Crippen molar-refractivity contribution >= 4 is 11.7 Å². The number of nitrogens with two attached hydrogens (primary N) is 1. The SMILES string of the molecule is Nc1nonc1C(=O)N[C@H](CO)Cc1ccccc1. The van der Waals surface area contributed by atoms with Crippen molar-refractivity contribution in [3.63, 3.8) is 0 Å². The zero-order valence-electron chi connectivity index (χ0n) is 10.1. The third kappa shape index (κ3) is 3.29. The van der Waals surface area contributed by atoms with E-state index in [2.05, 4.69) is 20.3 Å². The number of amides is 1. The molecule has 0 fully saturated rings. The van der Waals surface area contributed by atoms with E-state index in [0.717, 1.165) is 5.56 Å². The smallest absolute Gasteiger partial charge is 0.277 e. The Morgan fingerprint density at radius 1 is 1.37 bits per heavy atom. The average molecular weight is 262 g/mol. The number of benzene rings is 1. The molecule has 1 atom stereocenters. The maximum absolute atomic E-state index is 11.8. The average Bonchev–Trinajstić information content (AvgIpc) is 2.85. The first-order valence-corrected chi connectivity index (χ1v) is 5.74. The molecule has 0 aliphatic rings. The number of carbonyl (C=O) groups is 1. The van der Waals surface area contributed by atoms with Crippen LogP contribution in [-0.4, -0.2) is 34.0 Å². The monoisotopic (exact) mass is 262 g/mol. The van der Waals surface area contributed by atoms with Gasteiger partial charge in [-0.15, -0.1) is 0 Å². The molecule has 1 aromatic carbocycles. The van der Waals surface area contributed by atoms with E-state index in [1.54, 1.807) is 0 Å². The van der Waals surface area contributed by atoms with E-state index in [1.807, 2.05) is 30.3 Å². The van der Waals surface area contributed by atoms with Gasteiger partial charge in [0.2, 0.25) is 11.5 Å². The lowest BCUT2D eigenvalue weighted by Crippen LogP contribution is -2.39. The van der Waals surface area contributed by atoms with Crippen molar-refractivity contribution in [2.24, 2.45) is 0 Å². The van der Waals surface area contributed by atoms with Crippen molar-refractivity contribution in [3.8, 4) is 0 Å². The number of rotatable bonds is 5. The summed E-state index contributed by atoms with van der Waals surface area (Å²) in [6.07, 6.45) is 0.508. The highest BCUT2D eigenvalue weighted by molar-refractivity contribution is 5.96. The molecule has 0 unspecified atom stereocenters. The van der Waals surface area contributed by atoms with Crippen LogP contribution < -0.4 is 11.1 Å². The van der Waals surface area contributed by atoms with Crippen molar-refractivity contribution in [2.75, 3.05) is 12.3 Å². The predicted molar refractivity (Wildman–Crippen MR) is 67.2 cm³/mol. The summed E-state index contributed by atoms with van der Waals surface area (Å²) in [5.41, 5.74) is 6.35. The summed E-state index contributed by atoms with van der Waals surface area (Å²) in [6, 6.07) is 9.10. The van der Waals surface area contributed by atoms with Crippen molar-refractivity contribution < 1.29 is 14.5 Å². The quantitative estimate of drug-likeness (QED) is 0.698. The number of aliphatic hydroxyl groups excluding tert-OH is 1. The van der Waals surface area contributed by atoms with Gasteiger partial charge in [-0.3, -0.25) is 4.79 Å². The lowest BCUT2D eigenvalue weighted by Gasteiger charge is -2.15. The molecule has 0 spiro atoms. The Morgan fingerprint density at radius 3 is 2.68 bits per heavy atom. The molecule has 0 radical (unpaired) electrons. The molecule has 2 rings (SSSR count). The Labute approximate surface area is 109 Å². The van der Waals surface area contributed by atoms with Gasteiger partial charge in [-0.1, -0.05) is 30.3 Å². The van der Waals surface area contributed by atoms with Crippen LogP contribution in [0.15, 0.2) is 35.0 Å². The minimum Gasteiger partial charge on any atom is -0.394 e. The van der Waals surface area contributed by atoms with Gasteiger partial charge in [0.1, 0.15) is 0 Å². The third-order valence-electron chi connectivity index (χ3n) is 2.61. The molecule has 0 aliphatic carbocycles. The first-order chi connectivity index (χ1) is 9.20. The Balaban J connectivity index is 2.00. The predicted octanol–water partition coefficient (Wildman–Crippen LogP) is -0.0148. The highest BCUT2D eigenvalue weighted by atomic mass is 16.6. The summed E-state index contributed by atoms with van der Waals surface area (Å²) >= 11 is 0. The van der Waals surface area contributed by atoms with Gasteiger partial charge in [0, 0.05) is 0 Å². The summed E-state index contributed by atoms with van der Waals surface area (Å²) in [5, 5.41) is 18.7. The minimum absolute atomic E-state index is 0.0751. The second kappa shape index (κ2) is 5.96. The standard InChI is InChI=1S/C12H14N4O3/c13-11-10(15-19-16-11)12(18)14-9(7-17)6-8-4-2-1-3-5-8/h1-5,9,17H,6-7H2,(H2,13,16)(H,14,18)/t9-/m0/s1.